The van der Waals surface area contributed by atoms with Gasteiger partial charge in [-0.2, -0.15) is 0 Å². The van der Waals surface area contributed by atoms with Crippen LogP contribution in [0.5, 0.6) is 0 Å². The Morgan fingerprint density at radius 3 is 2.00 bits per heavy atom. The molecule has 0 aliphatic heterocycles. The Morgan fingerprint density at radius 2 is 1.40 bits per heavy atom. The molecule has 0 aromatic heterocycles. The molecule has 4 aromatic carbocycles. The molecule has 2 atom stereocenters. The van der Waals surface area contributed by atoms with E-state index in [-0.39, 0.29) is 50.6 Å². The molecule has 0 radical (unpaired) electrons. The average Bonchev–Trinajstić information content (AvgIpc) is 3.05. The molecule has 0 aliphatic rings. The van der Waals surface area contributed by atoms with Crippen molar-refractivity contribution in [2.75, 3.05) is 10.8 Å². The third kappa shape index (κ3) is 9.42. The summed E-state index contributed by atoms with van der Waals surface area (Å²) in [6.07, 6.45) is 0.845. The first-order valence-electron chi connectivity index (χ1n) is 14.9. The van der Waals surface area contributed by atoms with Crippen LogP contribution in [0.2, 0.25) is 20.1 Å². The van der Waals surface area contributed by atoms with E-state index in [0.29, 0.717) is 17.0 Å². The predicted octanol–water partition coefficient (Wildman–Crippen LogP) is 8.36. The van der Waals surface area contributed by atoms with Crippen molar-refractivity contribution >= 4 is 73.9 Å². The zero-order chi connectivity index (χ0) is 34.3. The van der Waals surface area contributed by atoms with E-state index >= 15 is 0 Å². The fourth-order valence-electron chi connectivity index (χ4n) is 4.84. The van der Waals surface area contributed by atoms with E-state index in [9.17, 15) is 18.0 Å². The number of anilines is 1. The second kappa shape index (κ2) is 16.2. The van der Waals surface area contributed by atoms with Crippen molar-refractivity contribution in [1.82, 2.24) is 10.2 Å². The van der Waals surface area contributed by atoms with Crippen LogP contribution in [-0.2, 0) is 32.6 Å². The minimum absolute atomic E-state index is 0.0200. The highest BCUT2D eigenvalue weighted by Gasteiger charge is 2.35. The number of nitrogens with zero attached hydrogens (tertiary/aromatic N) is 2. The maximum absolute atomic E-state index is 14.6. The van der Waals surface area contributed by atoms with Gasteiger partial charge < -0.3 is 10.2 Å². The number of benzene rings is 4. The molecule has 7 nitrogen and oxygen atoms in total. The molecule has 4 aromatic rings. The predicted molar refractivity (Wildman–Crippen MR) is 191 cm³/mol. The summed E-state index contributed by atoms with van der Waals surface area (Å²) in [7, 11) is -4.30. The van der Waals surface area contributed by atoms with Gasteiger partial charge in [-0.25, -0.2) is 8.42 Å². The zero-order valence-corrected chi connectivity index (χ0v) is 29.9. The van der Waals surface area contributed by atoms with E-state index in [1.807, 2.05) is 51.1 Å². The van der Waals surface area contributed by atoms with Crippen molar-refractivity contribution in [2.45, 2.75) is 57.1 Å². The van der Waals surface area contributed by atoms with E-state index in [0.717, 1.165) is 15.4 Å². The number of rotatable bonds is 13. The second-order valence-electron chi connectivity index (χ2n) is 11.2. The number of carbonyl (C=O) groups is 2. The molecule has 0 saturated carbocycles. The van der Waals surface area contributed by atoms with Crippen molar-refractivity contribution in [3.8, 4) is 0 Å². The molecule has 248 valence electrons. The lowest BCUT2D eigenvalue weighted by Gasteiger charge is -2.34. The molecule has 0 heterocycles. The fourth-order valence-corrected chi connectivity index (χ4v) is 6.86. The van der Waals surface area contributed by atoms with Gasteiger partial charge in [-0.05, 0) is 73.9 Å². The lowest BCUT2D eigenvalue weighted by atomic mass is 10.0. The number of hydrogen-bond donors (Lipinski definition) is 1. The van der Waals surface area contributed by atoms with E-state index < -0.39 is 28.5 Å². The highest BCUT2D eigenvalue weighted by molar-refractivity contribution is 7.92. The van der Waals surface area contributed by atoms with Gasteiger partial charge in [0.05, 0.1) is 30.7 Å². The first-order chi connectivity index (χ1) is 22.3. The van der Waals surface area contributed by atoms with Crippen LogP contribution in [0.3, 0.4) is 0 Å². The summed E-state index contributed by atoms with van der Waals surface area (Å²) in [5, 5.41) is 3.95. The van der Waals surface area contributed by atoms with E-state index in [2.05, 4.69) is 5.32 Å². The molecular weight excluding hydrogens is 700 g/mol. The largest absolute Gasteiger partial charge is 0.352 e. The van der Waals surface area contributed by atoms with Gasteiger partial charge in [-0.3, -0.25) is 13.9 Å². The number of aryl methyl sites for hydroxylation is 1. The monoisotopic (exact) mass is 733 g/mol. The molecule has 4 rings (SSSR count). The van der Waals surface area contributed by atoms with Crippen LogP contribution in [0, 0.1) is 6.92 Å². The Labute approximate surface area is 296 Å². The SMILES string of the molecule is CCC(C)NC(=O)C(Cc1ccccc1)N(Cc1ccc(Cl)c(Cl)c1)C(=O)CN(c1ccc(Cl)c(Cl)c1)S(=O)(=O)c1ccc(C)cc1. The van der Waals surface area contributed by atoms with Crippen LogP contribution in [0.25, 0.3) is 0 Å². The maximum atomic E-state index is 14.6. The number of halogens is 4. The van der Waals surface area contributed by atoms with Gasteiger partial charge in [0.2, 0.25) is 11.8 Å². The number of carbonyl (C=O) groups excluding carboxylic acids is 2. The minimum atomic E-state index is -4.30. The summed E-state index contributed by atoms with van der Waals surface area (Å²) in [4.78, 5) is 29.9. The molecule has 2 unspecified atom stereocenters. The van der Waals surface area contributed by atoms with Crippen LogP contribution < -0.4 is 9.62 Å². The molecule has 0 fully saturated rings. The summed E-state index contributed by atoms with van der Waals surface area (Å²) in [6, 6.07) is 23.7. The first-order valence-corrected chi connectivity index (χ1v) is 17.9. The highest BCUT2D eigenvalue weighted by Crippen LogP contribution is 2.31. The Hall–Kier alpha value is -3.27. The summed E-state index contributed by atoms with van der Waals surface area (Å²) in [6.45, 7) is 4.97. The van der Waals surface area contributed by atoms with Crippen molar-refractivity contribution in [3.63, 3.8) is 0 Å². The van der Waals surface area contributed by atoms with E-state index in [1.54, 1.807) is 30.3 Å². The number of nitrogens with one attached hydrogen (secondary N) is 1. The van der Waals surface area contributed by atoms with Crippen molar-refractivity contribution < 1.29 is 18.0 Å². The lowest BCUT2D eigenvalue weighted by Crippen LogP contribution is -2.54. The molecule has 0 bridgehead atoms. The molecule has 0 saturated heterocycles. The van der Waals surface area contributed by atoms with Crippen molar-refractivity contribution in [1.29, 1.82) is 0 Å². The third-order valence-corrected chi connectivity index (χ3v) is 11.0. The average molecular weight is 736 g/mol. The molecule has 0 spiro atoms. The zero-order valence-electron chi connectivity index (χ0n) is 26.1. The maximum Gasteiger partial charge on any atom is 0.264 e. The van der Waals surface area contributed by atoms with Gasteiger partial charge in [0.25, 0.3) is 10.0 Å². The summed E-state index contributed by atoms with van der Waals surface area (Å²) < 4.78 is 29.4. The van der Waals surface area contributed by atoms with Crippen molar-refractivity contribution in [3.05, 3.63) is 128 Å². The number of amides is 2. The van der Waals surface area contributed by atoms with E-state index in [1.165, 1.54) is 35.2 Å². The van der Waals surface area contributed by atoms with Gasteiger partial charge >= 0.3 is 0 Å². The Bertz CT molecular complexity index is 1820. The quantitative estimate of drug-likeness (QED) is 0.150. The fraction of sp³-hybridized carbons (Fsp3) is 0.257. The minimum Gasteiger partial charge on any atom is -0.352 e. The molecular formula is C35H35Cl4N3O4S. The molecule has 1 N–H and O–H groups in total. The second-order valence-corrected chi connectivity index (χ2v) is 14.7. The first kappa shape index (κ1) is 36.6. The van der Waals surface area contributed by atoms with Gasteiger partial charge in [-0.15, -0.1) is 0 Å². The molecule has 12 heteroatoms. The Kier molecular flexibility index (Phi) is 12.6. The Morgan fingerprint density at radius 1 is 0.787 bits per heavy atom. The molecule has 0 aliphatic carbocycles. The van der Waals surface area contributed by atoms with Crippen LogP contribution in [0.4, 0.5) is 5.69 Å². The number of sulfonamides is 1. The van der Waals surface area contributed by atoms with Gasteiger partial charge in [-0.1, -0.05) is 107 Å². The van der Waals surface area contributed by atoms with Crippen LogP contribution >= 0.6 is 46.4 Å². The summed E-state index contributed by atoms with van der Waals surface area (Å²) in [5.74, 6) is -1.00. The summed E-state index contributed by atoms with van der Waals surface area (Å²) >= 11 is 25.0. The van der Waals surface area contributed by atoms with Gasteiger partial charge in [0, 0.05) is 19.0 Å². The Balaban J connectivity index is 1.84. The van der Waals surface area contributed by atoms with Crippen LogP contribution in [-0.4, -0.2) is 43.8 Å². The molecule has 2 amide bonds. The van der Waals surface area contributed by atoms with Crippen molar-refractivity contribution in [2.24, 2.45) is 0 Å². The number of hydrogen-bond acceptors (Lipinski definition) is 4. The smallest absolute Gasteiger partial charge is 0.264 e. The lowest BCUT2D eigenvalue weighted by molar-refractivity contribution is -0.140. The van der Waals surface area contributed by atoms with Crippen LogP contribution in [0.15, 0.2) is 95.9 Å². The third-order valence-electron chi connectivity index (χ3n) is 7.69. The highest BCUT2D eigenvalue weighted by atomic mass is 35.5. The van der Waals surface area contributed by atoms with Crippen LogP contribution in [0.1, 0.15) is 37.0 Å². The summed E-state index contributed by atoms with van der Waals surface area (Å²) in [5.41, 5.74) is 2.42. The van der Waals surface area contributed by atoms with Gasteiger partial charge in [0.1, 0.15) is 12.6 Å². The van der Waals surface area contributed by atoms with Gasteiger partial charge in [0.15, 0.2) is 0 Å². The topological polar surface area (TPSA) is 86.8 Å². The normalized spacial score (nSPS) is 12.7. The van der Waals surface area contributed by atoms with E-state index in [4.69, 9.17) is 46.4 Å². The standard InChI is InChI=1S/C35H35Cl4N3O4S/c1-4-24(3)40-35(44)33(19-25-8-6-5-7-9-25)41(21-26-12-16-29(36)31(38)18-26)34(43)22-42(27-13-17-30(37)32(39)20-27)47(45,46)28-14-10-23(2)11-15-28/h5-18,20,24,33H,4,19,21-22H2,1-3H3,(H,40,44). The molecule has 47 heavy (non-hydrogen) atoms.